The lowest BCUT2D eigenvalue weighted by Gasteiger charge is -2.26. The molecule has 1 heterocycles. The molecule has 0 radical (unpaired) electrons. The Morgan fingerprint density at radius 3 is 2.58 bits per heavy atom. The molecule has 1 aliphatic heterocycles. The number of ether oxygens (including phenoxy) is 1. The molecule has 0 bridgehead atoms. The average Bonchev–Trinajstić information content (AvgIpc) is 2.03. The lowest BCUT2D eigenvalue weighted by atomic mass is 10.0. The van der Waals surface area contributed by atoms with Crippen LogP contribution in [0.2, 0.25) is 0 Å². The second kappa shape index (κ2) is 4.74. The predicted molar refractivity (Wildman–Crippen MR) is 39.9 cm³/mol. The van der Waals surface area contributed by atoms with Crippen LogP contribution in [0.25, 0.3) is 0 Å². The summed E-state index contributed by atoms with van der Waals surface area (Å²) in [5.74, 6) is 0. The lowest BCUT2D eigenvalue weighted by Crippen LogP contribution is -2.31. The van der Waals surface area contributed by atoms with Gasteiger partial charge in [-0.05, 0) is 19.3 Å². The number of aliphatic hydroxyl groups is 1. The van der Waals surface area contributed by atoms with Crippen LogP contribution in [0.4, 0.5) is 0 Å². The molecular formula is C7H15NO4. The SMILES string of the molecule is OC1CCC(CCN(O)O)OC1. The van der Waals surface area contributed by atoms with E-state index in [9.17, 15) is 0 Å². The maximum Gasteiger partial charge on any atom is 0.0774 e. The van der Waals surface area contributed by atoms with Crippen molar-refractivity contribution in [2.45, 2.75) is 31.5 Å². The van der Waals surface area contributed by atoms with Gasteiger partial charge in [0, 0.05) is 0 Å². The highest BCUT2D eigenvalue weighted by Gasteiger charge is 2.19. The van der Waals surface area contributed by atoms with Gasteiger partial charge in [-0.1, -0.05) is 5.23 Å². The van der Waals surface area contributed by atoms with Crippen molar-refractivity contribution in [3.63, 3.8) is 0 Å². The molecule has 12 heavy (non-hydrogen) atoms. The van der Waals surface area contributed by atoms with Crippen LogP contribution in [0.3, 0.4) is 0 Å². The van der Waals surface area contributed by atoms with Crippen LogP contribution in [0.15, 0.2) is 0 Å². The zero-order valence-electron chi connectivity index (χ0n) is 6.89. The first kappa shape index (κ1) is 9.88. The van der Waals surface area contributed by atoms with Crippen molar-refractivity contribution in [2.75, 3.05) is 13.2 Å². The Morgan fingerprint density at radius 1 is 1.33 bits per heavy atom. The molecule has 1 aliphatic rings. The van der Waals surface area contributed by atoms with Gasteiger partial charge in [0.25, 0.3) is 0 Å². The van der Waals surface area contributed by atoms with E-state index < -0.39 is 0 Å². The molecule has 0 saturated carbocycles. The van der Waals surface area contributed by atoms with E-state index in [0.29, 0.717) is 13.0 Å². The van der Waals surface area contributed by atoms with Crippen LogP contribution in [0, 0.1) is 0 Å². The van der Waals surface area contributed by atoms with Crippen molar-refractivity contribution >= 4 is 0 Å². The molecule has 3 N–H and O–H groups in total. The van der Waals surface area contributed by atoms with Crippen LogP contribution in [0.5, 0.6) is 0 Å². The summed E-state index contributed by atoms with van der Waals surface area (Å²) in [6.07, 6.45) is 1.81. The Balaban J connectivity index is 2.09. The smallest absolute Gasteiger partial charge is 0.0774 e. The second-order valence-electron chi connectivity index (χ2n) is 3.07. The Kier molecular flexibility index (Phi) is 3.90. The number of hydrogen-bond donors (Lipinski definition) is 3. The standard InChI is InChI=1S/C7H15NO4/c9-6-1-2-7(12-5-6)3-4-8(10)11/h6-7,9-11H,1-5H2. The van der Waals surface area contributed by atoms with Crippen LogP contribution >= 0.6 is 0 Å². The van der Waals surface area contributed by atoms with Crippen molar-refractivity contribution in [1.29, 1.82) is 0 Å². The molecule has 0 spiro atoms. The fourth-order valence-corrected chi connectivity index (χ4v) is 1.28. The molecule has 1 fully saturated rings. The van der Waals surface area contributed by atoms with E-state index in [-0.39, 0.29) is 24.0 Å². The van der Waals surface area contributed by atoms with Crippen LogP contribution in [0.1, 0.15) is 19.3 Å². The first-order chi connectivity index (χ1) is 5.68. The van der Waals surface area contributed by atoms with E-state index in [2.05, 4.69) is 0 Å². The number of aliphatic hydroxyl groups excluding tert-OH is 1. The largest absolute Gasteiger partial charge is 0.391 e. The molecule has 2 atom stereocenters. The molecular weight excluding hydrogens is 162 g/mol. The average molecular weight is 177 g/mol. The highest BCUT2D eigenvalue weighted by atomic mass is 16.8. The summed E-state index contributed by atoms with van der Waals surface area (Å²) in [6, 6.07) is 0. The van der Waals surface area contributed by atoms with Crippen molar-refractivity contribution < 1.29 is 20.3 Å². The van der Waals surface area contributed by atoms with Crippen molar-refractivity contribution in [2.24, 2.45) is 0 Å². The zero-order valence-corrected chi connectivity index (χ0v) is 6.89. The third-order valence-electron chi connectivity index (χ3n) is 2.00. The first-order valence-corrected chi connectivity index (χ1v) is 4.13. The number of hydroxylamine groups is 2. The zero-order chi connectivity index (χ0) is 8.97. The molecule has 1 rings (SSSR count). The Morgan fingerprint density at radius 2 is 2.08 bits per heavy atom. The molecule has 5 nitrogen and oxygen atoms in total. The van der Waals surface area contributed by atoms with E-state index in [4.69, 9.17) is 20.3 Å². The molecule has 2 unspecified atom stereocenters. The van der Waals surface area contributed by atoms with E-state index in [0.717, 1.165) is 12.8 Å². The molecule has 72 valence electrons. The topological polar surface area (TPSA) is 73.2 Å². The summed E-state index contributed by atoms with van der Waals surface area (Å²) in [7, 11) is 0. The highest BCUT2D eigenvalue weighted by Crippen LogP contribution is 2.15. The number of nitrogens with zero attached hydrogens (tertiary/aromatic N) is 1. The van der Waals surface area contributed by atoms with Crippen molar-refractivity contribution in [1.82, 2.24) is 5.23 Å². The molecule has 0 amide bonds. The summed E-state index contributed by atoms with van der Waals surface area (Å²) in [6.45, 7) is 0.544. The van der Waals surface area contributed by atoms with Gasteiger partial charge in [-0.15, -0.1) is 0 Å². The minimum absolute atomic E-state index is 0.0511. The van der Waals surface area contributed by atoms with Crippen molar-refractivity contribution in [3.8, 4) is 0 Å². The van der Waals surface area contributed by atoms with E-state index in [1.54, 1.807) is 0 Å². The van der Waals surface area contributed by atoms with Gasteiger partial charge in [0.2, 0.25) is 0 Å². The maximum absolute atomic E-state index is 9.07. The second-order valence-corrected chi connectivity index (χ2v) is 3.07. The van der Waals surface area contributed by atoms with Gasteiger partial charge in [-0.25, -0.2) is 0 Å². The first-order valence-electron chi connectivity index (χ1n) is 4.13. The quantitative estimate of drug-likeness (QED) is 0.529. The Labute approximate surface area is 71.1 Å². The molecule has 1 saturated heterocycles. The molecule has 0 aromatic heterocycles. The van der Waals surface area contributed by atoms with Gasteiger partial charge < -0.3 is 9.84 Å². The fraction of sp³-hybridized carbons (Fsp3) is 1.00. The van der Waals surface area contributed by atoms with Gasteiger partial charge in [-0.2, -0.15) is 0 Å². The Bertz CT molecular complexity index is 123. The summed E-state index contributed by atoms with van der Waals surface area (Å²) in [5.41, 5.74) is 0. The highest BCUT2D eigenvalue weighted by molar-refractivity contribution is 4.69. The summed E-state index contributed by atoms with van der Waals surface area (Å²) >= 11 is 0. The van der Waals surface area contributed by atoms with Crippen LogP contribution in [-0.2, 0) is 4.74 Å². The van der Waals surface area contributed by atoms with Gasteiger partial charge in [0.1, 0.15) is 0 Å². The minimum Gasteiger partial charge on any atom is -0.391 e. The minimum atomic E-state index is -0.347. The van der Waals surface area contributed by atoms with E-state index in [1.165, 1.54) is 0 Å². The third kappa shape index (κ3) is 3.46. The van der Waals surface area contributed by atoms with Gasteiger partial charge in [0.15, 0.2) is 0 Å². The summed E-state index contributed by atoms with van der Waals surface area (Å²) < 4.78 is 5.24. The van der Waals surface area contributed by atoms with Crippen LogP contribution < -0.4 is 0 Å². The lowest BCUT2D eigenvalue weighted by molar-refractivity contribution is -0.309. The molecule has 0 aliphatic carbocycles. The van der Waals surface area contributed by atoms with E-state index in [1.807, 2.05) is 0 Å². The third-order valence-corrected chi connectivity index (χ3v) is 2.00. The maximum atomic E-state index is 9.07. The normalized spacial score (nSPS) is 31.0. The number of rotatable bonds is 3. The van der Waals surface area contributed by atoms with Crippen molar-refractivity contribution in [3.05, 3.63) is 0 Å². The van der Waals surface area contributed by atoms with Gasteiger partial charge >= 0.3 is 0 Å². The Hall–Kier alpha value is -0.200. The number of hydrogen-bond acceptors (Lipinski definition) is 5. The summed E-state index contributed by atoms with van der Waals surface area (Å²) in [4.78, 5) is 0. The molecule has 0 aromatic rings. The van der Waals surface area contributed by atoms with Gasteiger partial charge in [-0.3, -0.25) is 10.4 Å². The molecule has 0 aromatic carbocycles. The van der Waals surface area contributed by atoms with E-state index >= 15 is 0 Å². The predicted octanol–water partition coefficient (Wildman–Crippen LogP) is -0.00320. The van der Waals surface area contributed by atoms with Crippen LogP contribution in [-0.4, -0.2) is 46.1 Å². The summed E-state index contributed by atoms with van der Waals surface area (Å²) in [5, 5.41) is 26.1. The van der Waals surface area contributed by atoms with Gasteiger partial charge in [0.05, 0.1) is 25.4 Å². The molecule has 5 heteroatoms. The fourth-order valence-electron chi connectivity index (χ4n) is 1.28. The monoisotopic (exact) mass is 177 g/mol.